The second kappa shape index (κ2) is 5.11. The molecule has 0 aromatic carbocycles. The van der Waals surface area contributed by atoms with E-state index in [0.29, 0.717) is 13.0 Å². The van der Waals surface area contributed by atoms with Crippen LogP contribution in [0.4, 0.5) is 0 Å². The summed E-state index contributed by atoms with van der Waals surface area (Å²) in [6, 6.07) is 0. The summed E-state index contributed by atoms with van der Waals surface area (Å²) in [5.41, 5.74) is 5.32. The third-order valence-corrected chi connectivity index (χ3v) is 2.00. The summed E-state index contributed by atoms with van der Waals surface area (Å²) < 4.78 is 0. The highest BCUT2D eigenvalue weighted by Crippen LogP contribution is 1.99. The zero-order valence-corrected chi connectivity index (χ0v) is 7.33. The van der Waals surface area contributed by atoms with Crippen molar-refractivity contribution in [3.05, 3.63) is 0 Å². The van der Waals surface area contributed by atoms with Gasteiger partial charge in [-0.15, -0.1) is 0 Å². The molecule has 1 radical (unpaired) electrons. The molecule has 0 aromatic heterocycles. The highest BCUT2D eigenvalue weighted by molar-refractivity contribution is 5.76. The van der Waals surface area contributed by atoms with Gasteiger partial charge < -0.3 is 10.6 Å². The lowest BCUT2D eigenvalue weighted by atomic mass is 10.2. The number of amides is 1. The molecular formula is C8H16N3O. The Morgan fingerprint density at radius 1 is 1.42 bits per heavy atom. The molecule has 12 heavy (non-hydrogen) atoms. The molecule has 0 aromatic rings. The molecule has 0 atom stereocenters. The summed E-state index contributed by atoms with van der Waals surface area (Å²) in [4.78, 5) is 13.3. The second-order valence-electron chi connectivity index (χ2n) is 2.94. The monoisotopic (exact) mass is 170 g/mol. The van der Waals surface area contributed by atoms with Crippen LogP contribution in [0.2, 0.25) is 0 Å². The molecule has 1 rings (SSSR count). The predicted molar refractivity (Wildman–Crippen MR) is 46.7 cm³/mol. The van der Waals surface area contributed by atoms with Crippen molar-refractivity contribution in [1.82, 2.24) is 10.2 Å². The van der Waals surface area contributed by atoms with Crippen LogP contribution in [-0.2, 0) is 4.79 Å². The molecule has 69 valence electrons. The van der Waals surface area contributed by atoms with Crippen LogP contribution in [0.5, 0.6) is 0 Å². The van der Waals surface area contributed by atoms with Gasteiger partial charge in [-0.25, -0.2) is 5.32 Å². The Labute approximate surface area is 73.1 Å². The van der Waals surface area contributed by atoms with Gasteiger partial charge >= 0.3 is 0 Å². The normalized spacial score (nSPS) is 17.9. The van der Waals surface area contributed by atoms with Crippen LogP contribution in [-0.4, -0.2) is 43.5 Å². The molecule has 0 aliphatic carbocycles. The predicted octanol–water partition coefficient (Wildman–Crippen LogP) is -0.828. The number of carbonyl (C=O) groups excluding carboxylic acids is 1. The number of hydrogen-bond acceptors (Lipinski definition) is 2. The molecular weight excluding hydrogens is 154 g/mol. The van der Waals surface area contributed by atoms with Crippen molar-refractivity contribution >= 4 is 5.91 Å². The van der Waals surface area contributed by atoms with Crippen molar-refractivity contribution in [2.45, 2.75) is 12.8 Å². The molecule has 4 nitrogen and oxygen atoms in total. The van der Waals surface area contributed by atoms with E-state index < -0.39 is 0 Å². The molecule has 0 spiro atoms. The van der Waals surface area contributed by atoms with Gasteiger partial charge in [-0.3, -0.25) is 4.79 Å². The van der Waals surface area contributed by atoms with Crippen molar-refractivity contribution < 1.29 is 4.79 Å². The van der Waals surface area contributed by atoms with Crippen LogP contribution in [0.1, 0.15) is 12.8 Å². The summed E-state index contributed by atoms with van der Waals surface area (Å²) in [5.74, 6) is 0.232. The van der Waals surface area contributed by atoms with Gasteiger partial charge in [-0.2, -0.15) is 0 Å². The Morgan fingerprint density at radius 2 is 2.08 bits per heavy atom. The van der Waals surface area contributed by atoms with Crippen LogP contribution in [0.15, 0.2) is 0 Å². The summed E-state index contributed by atoms with van der Waals surface area (Å²) >= 11 is 0. The van der Waals surface area contributed by atoms with Crippen molar-refractivity contribution in [3.8, 4) is 0 Å². The lowest BCUT2D eigenvalue weighted by Gasteiger charge is -2.26. The quantitative estimate of drug-likeness (QED) is 0.601. The van der Waals surface area contributed by atoms with Crippen molar-refractivity contribution in [3.63, 3.8) is 0 Å². The first-order valence-corrected chi connectivity index (χ1v) is 4.45. The van der Waals surface area contributed by atoms with Gasteiger partial charge in [0.05, 0.1) is 0 Å². The molecule has 0 saturated carbocycles. The minimum Gasteiger partial charge on any atom is -0.340 e. The van der Waals surface area contributed by atoms with Crippen LogP contribution >= 0.6 is 0 Å². The van der Waals surface area contributed by atoms with Gasteiger partial charge in [0, 0.05) is 32.6 Å². The SMILES string of the molecule is NCCCC(=O)N1CC[N]CC1. The average molecular weight is 170 g/mol. The maximum Gasteiger partial charge on any atom is 0.222 e. The van der Waals surface area contributed by atoms with Crippen LogP contribution in [0.3, 0.4) is 0 Å². The summed E-state index contributed by atoms with van der Waals surface area (Å²) in [7, 11) is 0. The van der Waals surface area contributed by atoms with Crippen molar-refractivity contribution in [1.29, 1.82) is 0 Å². The smallest absolute Gasteiger partial charge is 0.222 e. The fraction of sp³-hybridized carbons (Fsp3) is 0.875. The Hall–Kier alpha value is -0.610. The third kappa shape index (κ3) is 2.79. The van der Waals surface area contributed by atoms with E-state index in [9.17, 15) is 4.79 Å². The molecule has 2 N–H and O–H groups in total. The Balaban J connectivity index is 2.20. The maximum absolute atomic E-state index is 11.4. The molecule has 1 fully saturated rings. The molecule has 1 aliphatic rings. The molecule has 0 bridgehead atoms. The first-order chi connectivity index (χ1) is 5.84. The lowest BCUT2D eigenvalue weighted by Crippen LogP contribution is -2.43. The third-order valence-electron chi connectivity index (χ3n) is 2.00. The Kier molecular flexibility index (Phi) is 4.04. The highest BCUT2D eigenvalue weighted by Gasteiger charge is 2.15. The van der Waals surface area contributed by atoms with Crippen LogP contribution < -0.4 is 11.1 Å². The fourth-order valence-corrected chi connectivity index (χ4v) is 1.27. The largest absolute Gasteiger partial charge is 0.340 e. The van der Waals surface area contributed by atoms with Gasteiger partial charge in [0.15, 0.2) is 0 Å². The highest BCUT2D eigenvalue weighted by atomic mass is 16.2. The van der Waals surface area contributed by atoms with Gasteiger partial charge in [0.2, 0.25) is 5.91 Å². The van der Waals surface area contributed by atoms with Crippen molar-refractivity contribution in [2.75, 3.05) is 32.7 Å². The summed E-state index contributed by atoms with van der Waals surface area (Å²) in [6.07, 6.45) is 1.39. The van der Waals surface area contributed by atoms with E-state index in [0.717, 1.165) is 32.6 Å². The Morgan fingerprint density at radius 3 is 2.67 bits per heavy atom. The maximum atomic E-state index is 11.4. The van der Waals surface area contributed by atoms with Gasteiger partial charge in [0.1, 0.15) is 0 Å². The average Bonchev–Trinajstić information content (AvgIpc) is 2.15. The van der Waals surface area contributed by atoms with Gasteiger partial charge in [-0.05, 0) is 13.0 Å². The molecule has 1 heterocycles. The van der Waals surface area contributed by atoms with Gasteiger partial charge in [0.25, 0.3) is 0 Å². The van der Waals surface area contributed by atoms with Crippen LogP contribution in [0.25, 0.3) is 0 Å². The minimum atomic E-state index is 0.232. The Bertz CT molecular complexity index is 143. The van der Waals surface area contributed by atoms with E-state index in [2.05, 4.69) is 5.32 Å². The molecule has 1 amide bonds. The molecule has 1 aliphatic heterocycles. The number of nitrogens with zero attached hydrogens (tertiary/aromatic N) is 2. The zero-order chi connectivity index (χ0) is 8.81. The number of carbonyl (C=O) groups is 1. The van der Waals surface area contributed by atoms with Crippen LogP contribution in [0, 0.1) is 0 Å². The number of hydrogen-bond donors (Lipinski definition) is 1. The first kappa shape index (κ1) is 9.48. The van der Waals surface area contributed by atoms with E-state index in [4.69, 9.17) is 5.73 Å². The first-order valence-electron chi connectivity index (χ1n) is 4.45. The molecule has 4 heteroatoms. The number of nitrogens with two attached hydrogens (primary N) is 1. The molecule has 0 unspecified atom stereocenters. The van der Waals surface area contributed by atoms with E-state index in [-0.39, 0.29) is 5.91 Å². The van der Waals surface area contributed by atoms with E-state index >= 15 is 0 Å². The second-order valence-corrected chi connectivity index (χ2v) is 2.94. The standard InChI is InChI=1S/C8H16N3O/c9-3-1-2-8(12)11-6-4-10-5-7-11/h1-7,9H2. The summed E-state index contributed by atoms with van der Waals surface area (Å²) in [6.45, 7) is 3.79. The zero-order valence-electron chi connectivity index (χ0n) is 7.33. The number of piperazine rings is 1. The summed E-state index contributed by atoms with van der Waals surface area (Å²) in [5, 5.41) is 4.17. The van der Waals surface area contributed by atoms with E-state index in [1.165, 1.54) is 0 Å². The van der Waals surface area contributed by atoms with Crippen molar-refractivity contribution in [2.24, 2.45) is 5.73 Å². The van der Waals surface area contributed by atoms with Gasteiger partial charge in [-0.1, -0.05) is 0 Å². The minimum absolute atomic E-state index is 0.232. The van der Waals surface area contributed by atoms with E-state index in [1.54, 1.807) is 0 Å². The topological polar surface area (TPSA) is 60.4 Å². The van der Waals surface area contributed by atoms with E-state index in [1.807, 2.05) is 4.90 Å². The fourth-order valence-electron chi connectivity index (χ4n) is 1.27. The number of rotatable bonds is 3. The lowest BCUT2D eigenvalue weighted by molar-refractivity contribution is -0.131. The molecule has 1 saturated heterocycles.